The van der Waals surface area contributed by atoms with E-state index in [1.807, 2.05) is 0 Å². The van der Waals surface area contributed by atoms with Gasteiger partial charge in [0.25, 0.3) is 5.56 Å². The van der Waals surface area contributed by atoms with Gasteiger partial charge in [-0.2, -0.15) is 0 Å². The Morgan fingerprint density at radius 1 is 1.19 bits per heavy atom. The zero-order chi connectivity index (χ0) is 15.0. The quantitative estimate of drug-likeness (QED) is 0.761. The van der Waals surface area contributed by atoms with Crippen molar-refractivity contribution in [1.82, 2.24) is 15.3 Å². The van der Waals surface area contributed by atoms with Crippen LogP contribution in [0.4, 0.5) is 0 Å². The lowest BCUT2D eigenvalue weighted by Crippen LogP contribution is -2.40. The fourth-order valence-corrected chi connectivity index (χ4v) is 4.00. The molecule has 1 aromatic rings. The molecule has 2 fully saturated rings. The van der Waals surface area contributed by atoms with Crippen LogP contribution in [0.1, 0.15) is 43.4 Å². The molecule has 1 amide bonds. The Bertz CT molecular complexity index is 661. The molecule has 3 N–H and O–H groups in total. The summed E-state index contributed by atoms with van der Waals surface area (Å²) in [5.74, 6) is 1.26. The summed E-state index contributed by atoms with van der Waals surface area (Å²) >= 11 is 0. The van der Waals surface area contributed by atoms with E-state index < -0.39 is 11.2 Å². The number of aromatic nitrogens is 2. The molecule has 0 radical (unpaired) electrons. The van der Waals surface area contributed by atoms with Crippen molar-refractivity contribution in [3.05, 3.63) is 32.1 Å². The van der Waals surface area contributed by atoms with E-state index in [4.69, 9.17) is 0 Å². The molecule has 2 aliphatic rings. The molecule has 0 aliphatic heterocycles. The van der Waals surface area contributed by atoms with E-state index in [1.54, 1.807) is 6.92 Å². The van der Waals surface area contributed by atoms with Crippen molar-refractivity contribution < 1.29 is 4.79 Å². The zero-order valence-corrected chi connectivity index (χ0v) is 12.2. The summed E-state index contributed by atoms with van der Waals surface area (Å²) in [5, 5.41) is 3.08. The first-order valence-electron chi connectivity index (χ1n) is 7.66. The number of amides is 1. The van der Waals surface area contributed by atoms with Crippen LogP contribution in [0.2, 0.25) is 0 Å². The Morgan fingerprint density at radius 3 is 2.76 bits per heavy atom. The molecule has 0 saturated heterocycles. The smallest absolute Gasteiger partial charge is 0.325 e. The van der Waals surface area contributed by atoms with Gasteiger partial charge in [0, 0.05) is 17.3 Å². The molecule has 0 spiro atoms. The van der Waals surface area contributed by atoms with Crippen LogP contribution in [0.25, 0.3) is 0 Å². The van der Waals surface area contributed by atoms with E-state index >= 15 is 0 Å². The van der Waals surface area contributed by atoms with Crippen molar-refractivity contribution in [2.24, 2.45) is 11.8 Å². The van der Waals surface area contributed by atoms with Gasteiger partial charge in [-0.15, -0.1) is 0 Å². The summed E-state index contributed by atoms with van der Waals surface area (Å²) in [7, 11) is 0. The van der Waals surface area contributed by atoms with E-state index in [-0.39, 0.29) is 18.4 Å². The van der Waals surface area contributed by atoms with Crippen LogP contribution in [0.3, 0.4) is 0 Å². The maximum Gasteiger partial charge on any atom is 0.325 e. The molecule has 0 bridgehead atoms. The second-order valence-corrected chi connectivity index (χ2v) is 6.29. The molecule has 6 nitrogen and oxygen atoms in total. The van der Waals surface area contributed by atoms with Gasteiger partial charge >= 0.3 is 5.69 Å². The molecular formula is C15H21N3O3. The van der Waals surface area contributed by atoms with Gasteiger partial charge in [0.1, 0.15) is 0 Å². The molecule has 2 saturated carbocycles. The van der Waals surface area contributed by atoms with Crippen molar-refractivity contribution in [1.29, 1.82) is 0 Å². The van der Waals surface area contributed by atoms with Crippen LogP contribution < -0.4 is 16.6 Å². The highest BCUT2D eigenvalue weighted by molar-refractivity contribution is 5.79. The van der Waals surface area contributed by atoms with E-state index in [0.29, 0.717) is 17.2 Å². The van der Waals surface area contributed by atoms with Crippen LogP contribution in [0.5, 0.6) is 0 Å². The van der Waals surface area contributed by atoms with Gasteiger partial charge in [0.2, 0.25) is 5.91 Å². The summed E-state index contributed by atoms with van der Waals surface area (Å²) in [4.78, 5) is 39.8. The predicted octanol–water partition coefficient (Wildman–Crippen LogP) is 0.609. The van der Waals surface area contributed by atoms with Gasteiger partial charge < -0.3 is 10.3 Å². The highest BCUT2D eigenvalue weighted by Gasteiger charge is 2.39. The first-order valence-corrected chi connectivity index (χ1v) is 7.66. The Labute approximate surface area is 122 Å². The average molecular weight is 291 g/mol. The fourth-order valence-electron chi connectivity index (χ4n) is 4.00. The summed E-state index contributed by atoms with van der Waals surface area (Å²) < 4.78 is 0. The van der Waals surface area contributed by atoms with Gasteiger partial charge in [0.15, 0.2) is 0 Å². The fraction of sp³-hybridized carbons (Fsp3) is 0.667. The molecule has 6 heteroatoms. The molecular weight excluding hydrogens is 270 g/mol. The minimum atomic E-state index is -0.536. The first kappa shape index (κ1) is 14.1. The van der Waals surface area contributed by atoms with E-state index in [2.05, 4.69) is 15.3 Å². The Morgan fingerprint density at radius 2 is 2.00 bits per heavy atom. The average Bonchev–Trinajstić information content (AvgIpc) is 2.99. The Hall–Kier alpha value is -1.85. The zero-order valence-electron chi connectivity index (χ0n) is 12.2. The Kier molecular flexibility index (Phi) is 3.69. The number of rotatable bonds is 3. The van der Waals surface area contributed by atoms with Crippen LogP contribution in [-0.2, 0) is 11.2 Å². The standard InChI is InChI=1S/C15H21N3O3/c1-8-11(14(20)18-15(21)16-8)7-13(19)17-12-6-5-9-3-2-4-10(9)12/h9-10,12H,2-7H2,1H3,(H,17,19)(H2,16,18,20,21)/t9-,10-,12-/m0/s1. The molecule has 114 valence electrons. The minimum Gasteiger partial charge on any atom is -0.353 e. The second kappa shape index (κ2) is 5.50. The van der Waals surface area contributed by atoms with Gasteiger partial charge in [-0.1, -0.05) is 12.8 Å². The number of fused-ring (bicyclic) bond motifs is 1. The summed E-state index contributed by atoms with van der Waals surface area (Å²) in [6.07, 6.45) is 6.02. The molecule has 3 atom stereocenters. The highest BCUT2D eigenvalue weighted by atomic mass is 16.2. The van der Waals surface area contributed by atoms with Crippen molar-refractivity contribution in [3.63, 3.8) is 0 Å². The number of nitrogens with one attached hydrogen (secondary N) is 3. The summed E-state index contributed by atoms with van der Waals surface area (Å²) in [5.41, 5.74) is -0.208. The topological polar surface area (TPSA) is 94.8 Å². The molecule has 1 aromatic heterocycles. The lowest BCUT2D eigenvalue weighted by atomic mass is 9.97. The monoisotopic (exact) mass is 291 g/mol. The van der Waals surface area contributed by atoms with Crippen molar-refractivity contribution in [2.45, 2.75) is 51.5 Å². The maximum absolute atomic E-state index is 12.2. The number of H-pyrrole nitrogens is 2. The number of aromatic amines is 2. The lowest BCUT2D eigenvalue weighted by Gasteiger charge is -2.20. The van der Waals surface area contributed by atoms with Crippen LogP contribution in [0, 0.1) is 18.8 Å². The number of carbonyl (C=O) groups is 1. The normalized spacial score (nSPS) is 27.6. The summed E-state index contributed by atoms with van der Waals surface area (Å²) in [6.45, 7) is 1.64. The van der Waals surface area contributed by atoms with Gasteiger partial charge in [-0.05, 0) is 38.0 Å². The highest BCUT2D eigenvalue weighted by Crippen LogP contribution is 2.43. The minimum absolute atomic E-state index is 0.0197. The van der Waals surface area contributed by atoms with Crippen molar-refractivity contribution >= 4 is 5.91 Å². The van der Waals surface area contributed by atoms with Gasteiger partial charge in [-0.3, -0.25) is 14.6 Å². The third-order valence-electron chi connectivity index (χ3n) is 5.02. The van der Waals surface area contributed by atoms with E-state index in [1.165, 1.54) is 25.7 Å². The van der Waals surface area contributed by atoms with E-state index in [0.717, 1.165) is 12.3 Å². The number of aryl methyl sites for hydroxylation is 1. The molecule has 0 unspecified atom stereocenters. The second-order valence-electron chi connectivity index (χ2n) is 6.29. The molecule has 3 rings (SSSR count). The largest absolute Gasteiger partial charge is 0.353 e. The van der Waals surface area contributed by atoms with Crippen LogP contribution in [-0.4, -0.2) is 21.9 Å². The predicted molar refractivity (Wildman–Crippen MR) is 78.1 cm³/mol. The van der Waals surface area contributed by atoms with Crippen molar-refractivity contribution in [3.8, 4) is 0 Å². The van der Waals surface area contributed by atoms with Gasteiger partial charge in [0.05, 0.1) is 6.42 Å². The molecule has 21 heavy (non-hydrogen) atoms. The first-order chi connectivity index (χ1) is 10.0. The third-order valence-corrected chi connectivity index (χ3v) is 5.02. The van der Waals surface area contributed by atoms with Crippen molar-refractivity contribution in [2.75, 3.05) is 0 Å². The lowest BCUT2D eigenvalue weighted by molar-refractivity contribution is -0.121. The molecule has 0 aromatic carbocycles. The van der Waals surface area contributed by atoms with E-state index in [9.17, 15) is 14.4 Å². The Balaban J connectivity index is 1.67. The molecule has 2 aliphatic carbocycles. The van der Waals surface area contributed by atoms with Gasteiger partial charge in [-0.25, -0.2) is 4.79 Å². The third kappa shape index (κ3) is 2.80. The number of hydrogen-bond donors (Lipinski definition) is 3. The van der Waals surface area contributed by atoms with Crippen LogP contribution >= 0.6 is 0 Å². The number of carbonyl (C=O) groups excluding carboxylic acids is 1. The van der Waals surface area contributed by atoms with Crippen LogP contribution in [0.15, 0.2) is 9.59 Å². The number of hydrogen-bond acceptors (Lipinski definition) is 3. The SMILES string of the molecule is Cc1[nH]c(=O)[nH]c(=O)c1CC(=O)N[C@H]1CC[C@@H]2CCC[C@@H]21. The molecule has 1 heterocycles. The maximum atomic E-state index is 12.2. The summed E-state index contributed by atoms with van der Waals surface area (Å²) in [6, 6.07) is 0.257.